The standard InChI is InChI=1S/C16H20O2/c17-3-1-7-9-5-11-8(2-4-18)12-6-10(7)14-13(9)15(11)16(12)14/h3-4,7-16H,1-2,5-6H2/t7?,8?,9-,10-,11+,12+,13?,14?,15?,16?. The van der Waals surface area contributed by atoms with Gasteiger partial charge < -0.3 is 9.59 Å². The third-order valence-corrected chi connectivity index (χ3v) is 7.78. The molecule has 0 aromatic carbocycles. The Kier molecular flexibility index (Phi) is 1.74. The third-order valence-electron chi connectivity index (χ3n) is 7.78. The summed E-state index contributed by atoms with van der Waals surface area (Å²) in [6.45, 7) is 0. The minimum absolute atomic E-state index is 0.720. The van der Waals surface area contributed by atoms with E-state index in [9.17, 15) is 9.59 Å². The van der Waals surface area contributed by atoms with E-state index in [1.807, 2.05) is 0 Å². The average Bonchev–Trinajstić information content (AvgIpc) is 2.92. The zero-order valence-electron chi connectivity index (χ0n) is 10.6. The van der Waals surface area contributed by atoms with Crippen LogP contribution in [0.4, 0.5) is 0 Å². The highest BCUT2D eigenvalue weighted by Gasteiger charge is 2.78. The van der Waals surface area contributed by atoms with E-state index in [0.717, 1.165) is 72.0 Å². The molecule has 0 saturated heterocycles. The van der Waals surface area contributed by atoms with Crippen LogP contribution in [0.15, 0.2) is 0 Å². The maximum Gasteiger partial charge on any atom is 0.120 e. The van der Waals surface area contributed by atoms with E-state index in [0.29, 0.717) is 0 Å². The van der Waals surface area contributed by atoms with Crippen LogP contribution in [0, 0.1) is 59.2 Å². The van der Waals surface area contributed by atoms with E-state index in [2.05, 4.69) is 0 Å². The monoisotopic (exact) mass is 244 g/mol. The highest BCUT2D eigenvalue weighted by Crippen LogP contribution is 2.82. The molecule has 0 amide bonds. The van der Waals surface area contributed by atoms with Crippen molar-refractivity contribution < 1.29 is 9.59 Å². The van der Waals surface area contributed by atoms with Crippen LogP contribution in [0.1, 0.15) is 25.7 Å². The molecule has 0 radical (unpaired) electrons. The minimum Gasteiger partial charge on any atom is -0.303 e. The molecule has 2 heteroatoms. The van der Waals surface area contributed by atoms with Crippen LogP contribution in [-0.2, 0) is 9.59 Å². The number of rotatable bonds is 4. The van der Waals surface area contributed by atoms with Gasteiger partial charge in [-0.15, -0.1) is 0 Å². The van der Waals surface area contributed by atoms with Gasteiger partial charge in [0.15, 0.2) is 0 Å². The van der Waals surface area contributed by atoms with Crippen molar-refractivity contribution in [2.45, 2.75) is 25.7 Å². The molecule has 18 heavy (non-hydrogen) atoms. The van der Waals surface area contributed by atoms with Crippen molar-refractivity contribution >= 4 is 12.6 Å². The average molecular weight is 244 g/mol. The number of carbonyl (C=O) groups is 2. The molecule has 4 unspecified atom stereocenters. The van der Waals surface area contributed by atoms with Crippen LogP contribution >= 0.6 is 0 Å². The summed E-state index contributed by atoms with van der Waals surface area (Å²) in [6, 6.07) is 0. The van der Waals surface area contributed by atoms with Crippen LogP contribution < -0.4 is 0 Å². The molecule has 0 N–H and O–H groups in total. The van der Waals surface area contributed by atoms with Crippen LogP contribution in [0.2, 0.25) is 0 Å². The number of hydrogen-bond donors (Lipinski definition) is 0. The van der Waals surface area contributed by atoms with Gasteiger partial charge in [0.2, 0.25) is 0 Å². The van der Waals surface area contributed by atoms with E-state index in [1.54, 1.807) is 0 Å². The molecule has 0 aliphatic heterocycles. The lowest BCUT2D eigenvalue weighted by Crippen LogP contribution is -2.41. The zero-order chi connectivity index (χ0) is 12.0. The van der Waals surface area contributed by atoms with Gasteiger partial charge in [0, 0.05) is 12.8 Å². The van der Waals surface area contributed by atoms with Crippen LogP contribution in [-0.4, -0.2) is 12.6 Å². The summed E-state index contributed by atoms with van der Waals surface area (Å²) in [4.78, 5) is 21.9. The summed E-state index contributed by atoms with van der Waals surface area (Å²) in [5, 5.41) is 0. The highest BCUT2D eigenvalue weighted by molar-refractivity contribution is 5.52. The molecule has 2 nitrogen and oxygen atoms in total. The summed E-state index contributed by atoms with van der Waals surface area (Å²) in [7, 11) is 0. The van der Waals surface area contributed by atoms with Gasteiger partial charge in [-0.05, 0) is 72.0 Å². The van der Waals surface area contributed by atoms with Crippen LogP contribution in [0.25, 0.3) is 0 Å². The Morgan fingerprint density at radius 1 is 0.667 bits per heavy atom. The van der Waals surface area contributed by atoms with Gasteiger partial charge in [-0.1, -0.05) is 0 Å². The van der Waals surface area contributed by atoms with Crippen molar-refractivity contribution in [2.75, 3.05) is 0 Å². The lowest BCUT2D eigenvalue weighted by Gasteiger charge is -2.44. The second-order valence-electron chi connectivity index (χ2n) is 7.57. The van der Waals surface area contributed by atoms with Gasteiger partial charge in [-0.3, -0.25) is 0 Å². The smallest absolute Gasteiger partial charge is 0.120 e. The minimum atomic E-state index is 0.720. The largest absolute Gasteiger partial charge is 0.303 e. The summed E-state index contributed by atoms with van der Waals surface area (Å²) in [5.41, 5.74) is 0. The van der Waals surface area contributed by atoms with Gasteiger partial charge in [0.25, 0.3) is 0 Å². The van der Waals surface area contributed by atoms with E-state index in [-0.39, 0.29) is 0 Å². The molecule has 5 saturated carbocycles. The quantitative estimate of drug-likeness (QED) is 0.710. The summed E-state index contributed by atoms with van der Waals surface area (Å²) in [5.74, 6) is 8.73. The van der Waals surface area contributed by atoms with Crippen molar-refractivity contribution in [1.82, 2.24) is 0 Å². The molecule has 96 valence electrons. The van der Waals surface area contributed by atoms with E-state index in [4.69, 9.17) is 0 Å². The first-order chi connectivity index (χ1) is 8.86. The first-order valence-electron chi connectivity index (χ1n) is 7.74. The fourth-order valence-corrected chi connectivity index (χ4v) is 7.82. The normalized spacial score (nSPS) is 65.1. The Labute approximate surface area is 108 Å². The van der Waals surface area contributed by atoms with Crippen LogP contribution in [0.5, 0.6) is 0 Å². The van der Waals surface area contributed by atoms with E-state index >= 15 is 0 Å². The second kappa shape index (κ2) is 3.08. The molecular formula is C16H20O2. The molecule has 5 rings (SSSR count). The van der Waals surface area contributed by atoms with Gasteiger partial charge in [0.05, 0.1) is 0 Å². The predicted molar refractivity (Wildman–Crippen MR) is 65.5 cm³/mol. The molecular weight excluding hydrogens is 224 g/mol. The van der Waals surface area contributed by atoms with Gasteiger partial charge in [-0.2, -0.15) is 0 Å². The lowest BCUT2D eigenvalue weighted by molar-refractivity contribution is -0.109. The molecule has 0 aromatic rings. The molecule has 5 fully saturated rings. The Morgan fingerprint density at radius 3 is 1.28 bits per heavy atom. The van der Waals surface area contributed by atoms with Crippen molar-refractivity contribution in [3.05, 3.63) is 0 Å². The maximum atomic E-state index is 11.0. The predicted octanol–water partition coefficient (Wildman–Crippen LogP) is 2.17. The number of hydrogen-bond acceptors (Lipinski definition) is 2. The Balaban J connectivity index is 1.56. The second-order valence-corrected chi connectivity index (χ2v) is 7.57. The molecule has 5 aliphatic rings. The topological polar surface area (TPSA) is 34.1 Å². The fraction of sp³-hybridized carbons (Fsp3) is 0.875. The maximum absolute atomic E-state index is 11.0. The van der Waals surface area contributed by atoms with E-state index < -0.39 is 0 Å². The third kappa shape index (κ3) is 0.838. The van der Waals surface area contributed by atoms with Crippen molar-refractivity contribution in [2.24, 2.45) is 59.2 Å². The van der Waals surface area contributed by atoms with Crippen molar-refractivity contribution in [3.63, 3.8) is 0 Å². The van der Waals surface area contributed by atoms with Crippen LogP contribution in [0.3, 0.4) is 0 Å². The lowest BCUT2D eigenvalue weighted by atomic mass is 9.60. The fourth-order valence-electron chi connectivity index (χ4n) is 7.82. The van der Waals surface area contributed by atoms with Gasteiger partial charge in [-0.25, -0.2) is 0 Å². The van der Waals surface area contributed by atoms with E-state index in [1.165, 1.54) is 25.4 Å². The molecule has 0 spiro atoms. The summed E-state index contributed by atoms with van der Waals surface area (Å²) < 4.78 is 0. The zero-order valence-corrected chi connectivity index (χ0v) is 10.6. The first kappa shape index (κ1) is 10.2. The molecule has 0 aromatic heterocycles. The first-order valence-corrected chi connectivity index (χ1v) is 7.74. The Bertz CT molecular complexity index is 355. The van der Waals surface area contributed by atoms with Gasteiger partial charge >= 0.3 is 0 Å². The number of aldehydes is 2. The van der Waals surface area contributed by atoms with Gasteiger partial charge in [0.1, 0.15) is 12.6 Å². The Morgan fingerprint density at radius 2 is 1.00 bits per heavy atom. The molecule has 0 heterocycles. The summed E-state index contributed by atoms with van der Waals surface area (Å²) >= 11 is 0. The molecule has 8 atom stereocenters. The van der Waals surface area contributed by atoms with Crippen molar-refractivity contribution in [1.29, 1.82) is 0 Å². The SMILES string of the molecule is O=CCC1[C@@H]2C[C@H]3C4C2C2C4[C@H](C[C@H]21)C3CC=O. The highest BCUT2D eigenvalue weighted by atomic mass is 16.1. The molecule has 0 bridgehead atoms. The van der Waals surface area contributed by atoms with Crippen molar-refractivity contribution in [3.8, 4) is 0 Å². The molecule has 5 aliphatic carbocycles. The summed E-state index contributed by atoms with van der Waals surface area (Å²) in [6.07, 6.45) is 6.69. The Hall–Kier alpha value is -0.660. The number of carbonyl (C=O) groups excluding carboxylic acids is 2.